The van der Waals surface area contributed by atoms with Gasteiger partial charge >= 0.3 is 5.97 Å². The molecule has 0 bridgehead atoms. The highest BCUT2D eigenvalue weighted by atomic mass is 79.9. The van der Waals surface area contributed by atoms with Gasteiger partial charge in [-0.05, 0) is 34.5 Å². The number of benzene rings is 1. The van der Waals surface area contributed by atoms with E-state index in [1.807, 2.05) is 0 Å². The fourth-order valence-electron chi connectivity index (χ4n) is 1.33. The average Bonchev–Trinajstić information content (AvgIpc) is 2.31. The summed E-state index contributed by atoms with van der Waals surface area (Å²) < 4.78 is 0.488. The molecular weight excluding hydrogens is 300 g/mol. The molecule has 1 aromatic rings. The van der Waals surface area contributed by atoms with Gasteiger partial charge < -0.3 is 16.2 Å². The standard InChI is InChI=1S/C12H13BrN2O3/c1-2-4-9(14)11(16)15-10-7(12(17)18)5-3-6-8(10)13/h2-3,5-6,9H,1,4,14H2,(H,15,16)(H,17,18). The van der Waals surface area contributed by atoms with Crippen LogP contribution >= 0.6 is 15.9 Å². The molecule has 1 rings (SSSR count). The normalized spacial score (nSPS) is 11.7. The van der Waals surface area contributed by atoms with Crippen LogP contribution in [0.1, 0.15) is 16.8 Å². The van der Waals surface area contributed by atoms with Crippen LogP contribution in [0.4, 0.5) is 5.69 Å². The van der Waals surface area contributed by atoms with Crippen LogP contribution in [0.2, 0.25) is 0 Å². The van der Waals surface area contributed by atoms with Crippen molar-refractivity contribution in [3.05, 3.63) is 40.9 Å². The van der Waals surface area contributed by atoms with Crippen molar-refractivity contribution in [3.63, 3.8) is 0 Å². The molecule has 0 aliphatic rings. The van der Waals surface area contributed by atoms with E-state index in [4.69, 9.17) is 10.8 Å². The Bertz CT molecular complexity index is 488. The first-order valence-corrected chi connectivity index (χ1v) is 5.95. The molecule has 96 valence electrons. The van der Waals surface area contributed by atoms with Crippen molar-refractivity contribution in [3.8, 4) is 0 Å². The minimum atomic E-state index is -1.12. The molecule has 1 unspecified atom stereocenters. The van der Waals surface area contributed by atoms with Gasteiger partial charge in [-0.25, -0.2) is 4.79 Å². The highest BCUT2D eigenvalue weighted by Crippen LogP contribution is 2.26. The molecule has 0 aliphatic heterocycles. The van der Waals surface area contributed by atoms with Gasteiger partial charge in [-0.2, -0.15) is 0 Å². The summed E-state index contributed by atoms with van der Waals surface area (Å²) in [7, 11) is 0. The Morgan fingerprint density at radius 1 is 1.56 bits per heavy atom. The van der Waals surface area contributed by atoms with Crippen LogP contribution < -0.4 is 11.1 Å². The highest BCUT2D eigenvalue weighted by molar-refractivity contribution is 9.10. The van der Waals surface area contributed by atoms with Crippen LogP contribution in [0.3, 0.4) is 0 Å². The SMILES string of the molecule is C=CCC(N)C(=O)Nc1c(Br)cccc1C(=O)O. The molecule has 0 aliphatic carbocycles. The Balaban J connectivity index is 3.00. The van der Waals surface area contributed by atoms with E-state index in [-0.39, 0.29) is 11.3 Å². The molecule has 6 heteroatoms. The van der Waals surface area contributed by atoms with Crippen LogP contribution in [-0.4, -0.2) is 23.0 Å². The van der Waals surface area contributed by atoms with E-state index < -0.39 is 17.9 Å². The molecule has 4 N–H and O–H groups in total. The van der Waals surface area contributed by atoms with E-state index >= 15 is 0 Å². The first-order chi connectivity index (χ1) is 8.47. The fourth-order valence-corrected chi connectivity index (χ4v) is 1.80. The number of hydrogen-bond donors (Lipinski definition) is 3. The third-order valence-corrected chi connectivity index (χ3v) is 2.91. The second kappa shape index (κ2) is 6.32. The molecule has 1 amide bonds. The van der Waals surface area contributed by atoms with E-state index in [9.17, 15) is 9.59 Å². The third-order valence-electron chi connectivity index (χ3n) is 2.25. The summed E-state index contributed by atoms with van der Waals surface area (Å²) in [5, 5.41) is 11.5. The molecule has 0 saturated carbocycles. The van der Waals surface area contributed by atoms with E-state index in [0.29, 0.717) is 10.9 Å². The number of amides is 1. The lowest BCUT2D eigenvalue weighted by Gasteiger charge is -2.13. The lowest BCUT2D eigenvalue weighted by molar-refractivity contribution is -0.117. The highest BCUT2D eigenvalue weighted by Gasteiger charge is 2.18. The second-order valence-corrected chi connectivity index (χ2v) is 4.44. The smallest absolute Gasteiger partial charge is 0.337 e. The van der Waals surface area contributed by atoms with Crippen LogP contribution in [-0.2, 0) is 4.79 Å². The number of aromatic carboxylic acids is 1. The molecule has 0 saturated heterocycles. The van der Waals surface area contributed by atoms with Crippen molar-refractivity contribution in [1.29, 1.82) is 0 Å². The molecule has 18 heavy (non-hydrogen) atoms. The number of hydrogen-bond acceptors (Lipinski definition) is 3. The van der Waals surface area contributed by atoms with Gasteiger partial charge in [0.2, 0.25) is 5.91 Å². The molecule has 0 heterocycles. The van der Waals surface area contributed by atoms with E-state index in [0.717, 1.165) is 0 Å². The Hall–Kier alpha value is -1.66. The number of para-hydroxylation sites is 1. The molecular formula is C12H13BrN2O3. The minimum absolute atomic E-state index is 0.00327. The number of nitrogens with two attached hydrogens (primary N) is 1. The number of rotatable bonds is 5. The first kappa shape index (κ1) is 14.4. The quantitative estimate of drug-likeness (QED) is 0.725. The zero-order valence-corrected chi connectivity index (χ0v) is 11.1. The maximum absolute atomic E-state index is 11.7. The van der Waals surface area contributed by atoms with Crippen molar-refractivity contribution in [2.75, 3.05) is 5.32 Å². The Labute approximate surface area is 113 Å². The Kier molecular flexibility index (Phi) is 5.06. The van der Waals surface area contributed by atoms with Crippen LogP contribution in [0.25, 0.3) is 0 Å². The number of nitrogens with one attached hydrogen (secondary N) is 1. The van der Waals surface area contributed by atoms with Crippen LogP contribution in [0.15, 0.2) is 35.3 Å². The second-order valence-electron chi connectivity index (χ2n) is 3.59. The number of carboxylic acid groups (broad SMARTS) is 1. The monoisotopic (exact) mass is 312 g/mol. The van der Waals surface area contributed by atoms with Crippen molar-refractivity contribution in [2.45, 2.75) is 12.5 Å². The van der Waals surface area contributed by atoms with Gasteiger partial charge in [0.15, 0.2) is 0 Å². The largest absolute Gasteiger partial charge is 0.478 e. The van der Waals surface area contributed by atoms with Crippen molar-refractivity contribution in [1.82, 2.24) is 0 Å². The maximum Gasteiger partial charge on any atom is 0.337 e. The minimum Gasteiger partial charge on any atom is -0.478 e. The van der Waals surface area contributed by atoms with Crippen LogP contribution in [0.5, 0.6) is 0 Å². The topological polar surface area (TPSA) is 92.4 Å². The molecule has 0 radical (unpaired) electrons. The van der Waals surface area contributed by atoms with Crippen molar-refractivity contribution >= 4 is 33.5 Å². The van der Waals surface area contributed by atoms with Gasteiger partial charge in [-0.15, -0.1) is 6.58 Å². The number of halogens is 1. The zero-order chi connectivity index (χ0) is 13.7. The summed E-state index contributed by atoms with van der Waals surface area (Å²) >= 11 is 3.19. The molecule has 0 spiro atoms. The van der Waals surface area contributed by atoms with Crippen molar-refractivity contribution < 1.29 is 14.7 Å². The Morgan fingerprint density at radius 2 is 2.22 bits per heavy atom. The first-order valence-electron chi connectivity index (χ1n) is 5.16. The average molecular weight is 313 g/mol. The third kappa shape index (κ3) is 3.41. The predicted molar refractivity (Wildman–Crippen MR) is 72.5 cm³/mol. The van der Waals surface area contributed by atoms with E-state index in [1.54, 1.807) is 12.1 Å². The molecule has 5 nitrogen and oxygen atoms in total. The van der Waals surface area contributed by atoms with Gasteiger partial charge in [0.25, 0.3) is 0 Å². The van der Waals surface area contributed by atoms with Gasteiger partial charge in [0.05, 0.1) is 17.3 Å². The zero-order valence-electron chi connectivity index (χ0n) is 9.52. The summed E-state index contributed by atoms with van der Waals surface area (Å²) in [6, 6.07) is 3.87. The van der Waals surface area contributed by atoms with Gasteiger partial charge in [0.1, 0.15) is 0 Å². The summed E-state index contributed by atoms with van der Waals surface area (Å²) in [5.41, 5.74) is 5.81. The Morgan fingerprint density at radius 3 is 2.78 bits per heavy atom. The molecule has 0 aromatic heterocycles. The fraction of sp³-hybridized carbons (Fsp3) is 0.167. The number of carboxylic acids is 1. The van der Waals surface area contributed by atoms with Gasteiger partial charge in [-0.3, -0.25) is 4.79 Å². The molecule has 1 atom stereocenters. The number of carbonyl (C=O) groups excluding carboxylic acids is 1. The van der Waals surface area contributed by atoms with Crippen molar-refractivity contribution in [2.24, 2.45) is 5.73 Å². The summed E-state index contributed by atoms with van der Waals surface area (Å²) in [5.74, 6) is -1.58. The van der Waals surface area contributed by atoms with E-state index in [1.165, 1.54) is 12.1 Å². The van der Waals surface area contributed by atoms with Crippen LogP contribution in [0, 0.1) is 0 Å². The number of anilines is 1. The molecule has 0 fully saturated rings. The summed E-state index contributed by atoms with van der Waals surface area (Å²) in [6.45, 7) is 3.49. The lowest BCUT2D eigenvalue weighted by Crippen LogP contribution is -2.35. The summed E-state index contributed by atoms with van der Waals surface area (Å²) in [4.78, 5) is 22.8. The number of carbonyl (C=O) groups is 2. The molecule has 1 aromatic carbocycles. The maximum atomic E-state index is 11.7. The van der Waals surface area contributed by atoms with Gasteiger partial charge in [-0.1, -0.05) is 12.1 Å². The van der Waals surface area contributed by atoms with Gasteiger partial charge in [0, 0.05) is 4.47 Å². The predicted octanol–water partition coefficient (Wildman–Crippen LogP) is 1.99. The lowest BCUT2D eigenvalue weighted by atomic mass is 10.1. The van der Waals surface area contributed by atoms with E-state index in [2.05, 4.69) is 27.8 Å². The summed E-state index contributed by atoms with van der Waals surface area (Å²) in [6.07, 6.45) is 1.85.